The van der Waals surface area contributed by atoms with Crippen LogP contribution in [-0.4, -0.2) is 39.7 Å². The summed E-state index contributed by atoms with van der Waals surface area (Å²) >= 11 is 1.06. The largest absolute Gasteiger partial charge is 0.462 e. The summed E-state index contributed by atoms with van der Waals surface area (Å²) in [5.74, 6) is -1.27. The van der Waals surface area contributed by atoms with Crippen LogP contribution in [0.25, 0.3) is 0 Å². The fourth-order valence-corrected chi connectivity index (χ4v) is 4.82. The minimum atomic E-state index is -4.49. The molecule has 1 N–H and O–H groups in total. The van der Waals surface area contributed by atoms with Crippen molar-refractivity contribution in [3.63, 3.8) is 0 Å². The Hall–Kier alpha value is -4.12. The molecule has 11 heteroatoms. The van der Waals surface area contributed by atoms with Crippen LogP contribution >= 0.6 is 11.8 Å². The lowest BCUT2D eigenvalue weighted by Crippen LogP contribution is -2.44. The maximum atomic E-state index is 13.2. The topological polar surface area (TPSA) is 88.1 Å². The van der Waals surface area contributed by atoms with E-state index in [1.165, 1.54) is 29.2 Å². The summed E-state index contributed by atoms with van der Waals surface area (Å²) in [6.45, 7) is 2.13. The minimum absolute atomic E-state index is 0.101. The Morgan fingerprint density at radius 2 is 1.69 bits per heavy atom. The zero-order valence-electron chi connectivity index (χ0n) is 20.8. The number of aliphatic imine (C=N–C) groups is 1. The van der Waals surface area contributed by atoms with Gasteiger partial charge in [-0.2, -0.15) is 13.2 Å². The lowest BCUT2D eigenvalue weighted by molar-refractivity contribution is -0.137. The van der Waals surface area contributed by atoms with E-state index in [1.807, 2.05) is 30.3 Å². The molecule has 202 valence electrons. The first-order chi connectivity index (χ1) is 18.6. The van der Waals surface area contributed by atoms with E-state index in [9.17, 15) is 27.6 Å². The molecular weight excluding hydrogens is 531 g/mol. The number of hydrogen-bond donors (Lipinski definition) is 1. The maximum Gasteiger partial charge on any atom is 0.416 e. The van der Waals surface area contributed by atoms with Gasteiger partial charge in [-0.1, -0.05) is 42.1 Å². The molecule has 0 unspecified atom stereocenters. The molecule has 0 aliphatic carbocycles. The average Bonchev–Trinajstić information content (AvgIpc) is 2.91. The predicted octanol–water partition coefficient (Wildman–Crippen LogP) is 6.04. The monoisotopic (exact) mass is 555 g/mol. The van der Waals surface area contributed by atoms with Gasteiger partial charge in [0.15, 0.2) is 5.17 Å². The first kappa shape index (κ1) is 27.9. The van der Waals surface area contributed by atoms with E-state index in [0.717, 1.165) is 29.5 Å². The first-order valence-electron chi connectivity index (χ1n) is 12.0. The molecule has 7 nitrogen and oxygen atoms in total. The molecule has 1 saturated heterocycles. The van der Waals surface area contributed by atoms with Crippen LogP contribution in [0.5, 0.6) is 0 Å². The second kappa shape index (κ2) is 12.2. The third-order valence-corrected chi connectivity index (χ3v) is 6.89. The van der Waals surface area contributed by atoms with Gasteiger partial charge < -0.3 is 10.1 Å². The van der Waals surface area contributed by atoms with Crippen LogP contribution in [-0.2, 0) is 27.0 Å². The Kier molecular flexibility index (Phi) is 8.70. The van der Waals surface area contributed by atoms with Crippen molar-refractivity contribution in [1.29, 1.82) is 0 Å². The molecule has 1 fully saturated rings. The number of esters is 1. The molecule has 3 aromatic rings. The molecular formula is C28H24F3N3O4S. The Labute approximate surface area is 227 Å². The summed E-state index contributed by atoms with van der Waals surface area (Å²) < 4.78 is 43.9. The Bertz CT molecular complexity index is 1360. The van der Waals surface area contributed by atoms with Crippen molar-refractivity contribution >= 4 is 46.1 Å². The highest BCUT2D eigenvalue weighted by atomic mass is 32.2. The van der Waals surface area contributed by atoms with Crippen molar-refractivity contribution in [3.05, 3.63) is 95.6 Å². The Morgan fingerprint density at radius 3 is 2.31 bits per heavy atom. The van der Waals surface area contributed by atoms with E-state index >= 15 is 0 Å². The third kappa shape index (κ3) is 7.26. The van der Waals surface area contributed by atoms with Gasteiger partial charge >= 0.3 is 12.1 Å². The van der Waals surface area contributed by atoms with Gasteiger partial charge in [-0.3, -0.25) is 14.5 Å². The highest BCUT2D eigenvalue weighted by Crippen LogP contribution is 2.33. The number of nitrogens with one attached hydrogen (secondary N) is 1. The predicted molar refractivity (Wildman–Crippen MR) is 143 cm³/mol. The minimum Gasteiger partial charge on any atom is -0.462 e. The molecule has 4 rings (SSSR count). The maximum absolute atomic E-state index is 13.2. The highest BCUT2D eigenvalue weighted by molar-refractivity contribution is 8.15. The summed E-state index contributed by atoms with van der Waals surface area (Å²) in [5, 5.41) is 2.11. The number of anilines is 1. The van der Waals surface area contributed by atoms with E-state index in [4.69, 9.17) is 4.74 Å². The van der Waals surface area contributed by atoms with E-state index < -0.39 is 28.9 Å². The lowest BCUT2D eigenvalue weighted by Gasteiger charge is -2.32. The molecule has 1 heterocycles. The van der Waals surface area contributed by atoms with Gasteiger partial charge in [-0.25, -0.2) is 9.79 Å². The van der Waals surface area contributed by atoms with Gasteiger partial charge in [-0.15, -0.1) is 0 Å². The molecule has 0 saturated carbocycles. The van der Waals surface area contributed by atoms with Gasteiger partial charge in [0, 0.05) is 12.1 Å². The number of carbonyl (C=O) groups excluding carboxylic acids is 3. The standard InChI is InChI=1S/C28H24F3N3O4S/c1-2-38-26(37)19-8-12-21(13-9-19)32-25(36)23-16-24(35)34(17-18-6-4-3-5-7-18)27(39-23)33-22-14-10-20(11-15-22)28(29,30)31/h3-15,23H,2,16-17H2,1H3,(H,32,36)/t23-/m1/s1. The molecule has 0 radical (unpaired) electrons. The number of nitrogens with zero attached hydrogens (tertiary/aromatic N) is 2. The number of amides is 2. The van der Waals surface area contributed by atoms with Crippen molar-refractivity contribution in [1.82, 2.24) is 4.90 Å². The van der Waals surface area contributed by atoms with Crippen LogP contribution in [0.4, 0.5) is 24.5 Å². The normalized spacial score (nSPS) is 16.7. The second-order valence-electron chi connectivity index (χ2n) is 8.50. The molecule has 39 heavy (non-hydrogen) atoms. The lowest BCUT2D eigenvalue weighted by atomic mass is 10.2. The first-order valence-corrected chi connectivity index (χ1v) is 12.9. The van der Waals surface area contributed by atoms with Gasteiger partial charge in [0.2, 0.25) is 11.8 Å². The molecule has 3 aromatic carbocycles. The number of amidine groups is 1. The van der Waals surface area contributed by atoms with Crippen molar-refractivity contribution in [2.75, 3.05) is 11.9 Å². The van der Waals surface area contributed by atoms with E-state index in [2.05, 4.69) is 10.3 Å². The second-order valence-corrected chi connectivity index (χ2v) is 9.67. The number of carbonyl (C=O) groups is 3. The van der Waals surface area contributed by atoms with E-state index in [-0.39, 0.29) is 36.3 Å². The molecule has 0 aromatic heterocycles. The van der Waals surface area contributed by atoms with Crippen molar-refractivity contribution in [3.8, 4) is 0 Å². The number of alkyl halides is 3. The quantitative estimate of drug-likeness (QED) is 0.359. The molecule has 1 aliphatic rings. The average molecular weight is 556 g/mol. The molecule has 1 atom stereocenters. The van der Waals surface area contributed by atoms with E-state index in [1.54, 1.807) is 19.1 Å². The number of rotatable bonds is 7. The zero-order valence-corrected chi connectivity index (χ0v) is 21.6. The van der Waals surface area contributed by atoms with E-state index in [0.29, 0.717) is 11.3 Å². The number of halogens is 3. The summed E-state index contributed by atoms with van der Waals surface area (Å²) in [6, 6.07) is 19.6. The molecule has 0 spiro atoms. The number of hydrogen-bond acceptors (Lipinski definition) is 6. The van der Waals surface area contributed by atoms with Crippen LogP contribution in [0, 0.1) is 0 Å². The number of ether oxygens (including phenoxy) is 1. The SMILES string of the molecule is CCOC(=O)c1ccc(NC(=O)[C@H]2CC(=O)N(Cc3ccccc3)C(=Nc3ccc(C(F)(F)F)cc3)S2)cc1. The summed E-state index contributed by atoms with van der Waals surface area (Å²) in [5.41, 5.74) is 0.989. The smallest absolute Gasteiger partial charge is 0.416 e. The highest BCUT2D eigenvalue weighted by Gasteiger charge is 2.36. The zero-order chi connectivity index (χ0) is 28.0. The fourth-order valence-electron chi connectivity index (χ4n) is 3.72. The summed E-state index contributed by atoms with van der Waals surface area (Å²) in [7, 11) is 0. The van der Waals surface area contributed by atoms with Gasteiger partial charge in [0.05, 0.1) is 30.0 Å². The van der Waals surface area contributed by atoms with Gasteiger partial charge in [0.25, 0.3) is 0 Å². The molecule has 1 aliphatic heterocycles. The van der Waals surface area contributed by atoms with Gasteiger partial charge in [-0.05, 0) is 61.0 Å². The Balaban J connectivity index is 1.55. The van der Waals surface area contributed by atoms with Crippen LogP contribution in [0.1, 0.15) is 34.8 Å². The number of thioether (sulfide) groups is 1. The fraction of sp³-hybridized carbons (Fsp3) is 0.214. The van der Waals surface area contributed by atoms with Crippen molar-refractivity contribution < 1.29 is 32.3 Å². The van der Waals surface area contributed by atoms with Crippen LogP contribution in [0.3, 0.4) is 0 Å². The Morgan fingerprint density at radius 1 is 1.03 bits per heavy atom. The number of benzene rings is 3. The molecule has 2 amide bonds. The van der Waals surface area contributed by atoms with Crippen molar-refractivity contribution in [2.45, 2.75) is 31.3 Å². The third-order valence-electron chi connectivity index (χ3n) is 5.70. The van der Waals surface area contributed by atoms with Crippen LogP contribution < -0.4 is 5.32 Å². The summed E-state index contributed by atoms with van der Waals surface area (Å²) in [4.78, 5) is 44.0. The van der Waals surface area contributed by atoms with Crippen LogP contribution in [0.2, 0.25) is 0 Å². The summed E-state index contributed by atoms with van der Waals surface area (Å²) in [6.07, 6.45) is -4.59. The van der Waals surface area contributed by atoms with Crippen molar-refractivity contribution in [2.24, 2.45) is 4.99 Å². The van der Waals surface area contributed by atoms with Crippen LogP contribution in [0.15, 0.2) is 83.9 Å². The molecule has 0 bridgehead atoms. The van der Waals surface area contributed by atoms with Gasteiger partial charge in [0.1, 0.15) is 5.25 Å².